The highest BCUT2D eigenvalue weighted by Crippen LogP contribution is 2.35. The zero-order valence-electron chi connectivity index (χ0n) is 15.3. The molecule has 2 amide bonds. The predicted octanol–water partition coefficient (Wildman–Crippen LogP) is 2.51. The molecule has 1 aliphatic rings. The fraction of sp³-hybridized carbons (Fsp3) is 0.500. The van der Waals surface area contributed by atoms with Crippen molar-refractivity contribution in [3.05, 3.63) is 23.8 Å². The third kappa shape index (κ3) is 5.47. The Hall–Kier alpha value is -2.06. The van der Waals surface area contributed by atoms with Crippen molar-refractivity contribution in [3.8, 4) is 0 Å². The first-order chi connectivity index (χ1) is 12.1. The third-order valence-electron chi connectivity index (χ3n) is 3.72. The molecule has 26 heavy (non-hydrogen) atoms. The zero-order chi connectivity index (χ0) is 19.5. The Kier molecular flexibility index (Phi) is 6.30. The highest BCUT2D eigenvalue weighted by Gasteiger charge is 2.25. The zero-order valence-corrected chi connectivity index (χ0v) is 16.1. The molecule has 0 fully saturated rings. The molecule has 3 N–H and O–H groups in total. The minimum atomic E-state index is -1.12. The number of ether oxygens (including phenoxy) is 1. The number of aliphatic carboxylic acids is 1. The van der Waals surface area contributed by atoms with Crippen molar-refractivity contribution >= 4 is 35.2 Å². The first kappa shape index (κ1) is 20.3. The molecule has 1 aromatic rings. The molecule has 0 saturated carbocycles. The summed E-state index contributed by atoms with van der Waals surface area (Å²) in [6.07, 6.45) is 0.160. The van der Waals surface area contributed by atoms with E-state index in [0.29, 0.717) is 11.3 Å². The van der Waals surface area contributed by atoms with Crippen LogP contribution in [0.4, 0.5) is 5.69 Å². The van der Waals surface area contributed by atoms with Gasteiger partial charge >= 0.3 is 5.97 Å². The molecule has 0 bridgehead atoms. The van der Waals surface area contributed by atoms with E-state index in [4.69, 9.17) is 4.74 Å². The van der Waals surface area contributed by atoms with Gasteiger partial charge in [0.15, 0.2) is 0 Å². The monoisotopic (exact) mass is 380 g/mol. The van der Waals surface area contributed by atoms with Crippen molar-refractivity contribution in [2.75, 3.05) is 11.9 Å². The Bertz CT molecular complexity index is 714. The second-order valence-electron chi connectivity index (χ2n) is 7.07. The lowest BCUT2D eigenvalue weighted by atomic mass is 10.1. The minimum absolute atomic E-state index is 0.122. The predicted molar refractivity (Wildman–Crippen MR) is 99.6 cm³/mol. The van der Waals surface area contributed by atoms with Crippen LogP contribution in [0.2, 0.25) is 0 Å². The van der Waals surface area contributed by atoms with Gasteiger partial charge in [-0.3, -0.25) is 9.59 Å². The Labute approximate surface area is 156 Å². The molecular formula is C18H24N2O5S. The van der Waals surface area contributed by atoms with E-state index in [0.717, 1.165) is 4.90 Å². The first-order valence-electron chi connectivity index (χ1n) is 8.36. The fourth-order valence-corrected chi connectivity index (χ4v) is 3.26. The molecule has 1 aliphatic heterocycles. The number of amides is 2. The number of rotatable bonds is 6. The molecule has 2 rings (SSSR count). The van der Waals surface area contributed by atoms with Crippen LogP contribution >= 0.6 is 11.8 Å². The SMILES string of the molecule is CC1Sc2ccc(C(=O)NC(CCOC(C)(C)C)C(=O)O)cc2NC1=O. The van der Waals surface area contributed by atoms with Crippen LogP contribution in [0.25, 0.3) is 0 Å². The summed E-state index contributed by atoms with van der Waals surface area (Å²) in [7, 11) is 0. The molecule has 1 heterocycles. The summed E-state index contributed by atoms with van der Waals surface area (Å²) < 4.78 is 5.53. The Morgan fingerprint density at radius 3 is 2.69 bits per heavy atom. The lowest BCUT2D eigenvalue weighted by molar-refractivity contribution is -0.140. The second-order valence-corrected chi connectivity index (χ2v) is 8.46. The van der Waals surface area contributed by atoms with E-state index in [-0.39, 0.29) is 29.8 Å². The van der Waals surface area contributed by atoms with E-state index in [2.05, 4.69) is 10.6 Å². The van der Waals surface area contributed by atoms with E-state index >= 15 is 0 Å². The van der Waals surface area contributed by atoms with Crippen LogP contribution in [-0.4, -0.2) is 46.4 Å². The molecule has 1 aromatic carbocycles. The average molecular weight is 380 g/mol. The molecule has 0 radical (unpaired) electrons. The number of carbonyl (C=O) groups is 3. The van der Waals surface area contributed by atoms with Crippen molar-refractivity contribution in [2.45, 2.75) is 55.9 Å². The van der Waals surface area contributed by atoms with Crippen molar-refractivity contribution in [2.24, 2.45) is 0 Å². The average Bonchev–Trinajstić information content (AvgIpc) is 2.53. The number of hydrogen-bond donors (Lipinski definition) is 3. The number of thioether (sulfide) groups is 1. The molecule has 2 atom stereocenters. The fourth-order valence-electron chi connectivity index (χ4n) is 2.33. The summed E-state index contributed by atoms with van der Waals surface area (Å²) in [5.74, 6) is -1.75. The second kappa shape index (κ2) is 8.09. The summed E-state index contributed by atoms with van der Waals surface area (Å²) >= 11 is 1.42. The van der Waals surface area contributed by atoms with Crippen LogP contribution in [0.5, 0.6) is 0 Å². The molecule has 2 unspecified atom stereocenters. The van der Waals surface area contributed by atoms with Gasteiger partial charge in [0, 0.05) is 23.5 Å². The normalized spacial score (nSPS) is 17.8. The lowest BCUT2D eigenvalue weighted by Gasteiger charge is -2.23. The minimum Gasteiger partial charge on any atom is -0.480 e. The number of fused-ring (bicyclic) bond motifs is 1. The topological polar surface area (TPSA) is 105 Å². The number of carboxylic acid groups (broad SMARTS) is 1. The lowest BCUT2D eigenvalue weighted by Crippen LogP contribution is -2.42. The van der Waals surface area contributed by atoms with E-state index in [1.807, 2.05) is 20.8 Å². The van der Waals surface area contributed by atoms with Gasteiger partial charge in [-0.15, -0.1) is 11.8 Å². The van der Waals surface area contributed by atoms with Gasteiger partial charge in [-0.05, 0) is 45.9 Å². The van der Waals surface area contributed by atoms with Crippen LogP contribution in [0.15, 0.2) is 23.1 Å². The maximum Gasteiger partial charge on any atom is 0.326 e. The standard InChI is InChI=1S/C18H24N2O5S/c1-10-15(21)20-13-9-11(5-6-14(13)26-10)16(22)19-12(17(23)24)7-8-25-18(2,3)4/h5-6,9-10,12H,7-8H2,1-4H3,(H,19,22)(H,20,21)(H,23,24). The quantitative estimate of drug-likeness (QED) is 0.700. The van der Waals surface area contributed by atoms with Gasteiger partial charge < -0.3 is 20.5 Å². The number of benzene rings is 1. The molecule has 0 spiro atoms. The van der Waals surface area contributed by atoms with E-state index in [9.17, 15) is 19.5 Å². The van der Waals surface area contributed by atoms with Gasteiger partial charge in [-0.2, -0.15) is 0 Å². The molecule has 142 valence electrons. The number of carboxylic acids is 1. The Morgan fingerprint density at radius 1 is 1.38 bits per heavy atom. The van der Waals surface area contributed by atoms with E-state index in [1.165, 1.54) is 11.8 Å². The first-order valence-corrected chi connectivity index (χ1v) is 9.24. The van der Waals surface area contributed by atoms with Crippen molar-refractivity contribution in [1.29, 1.82) is 0 Å². The number of carbonyl (C=O) groups excluding carboxylic acids is 2. The van der Waals surface area contributed by atoms with Crippen molar-refractivity contribution < 1.29 is 24.2 Å². The number of hydrogen-bond acceptors (Lipinski definition) is 5. The van der Waals surface area contributed by atoms with Crippen LogP contribution in [-0.2, 0) is 14.3 Å². The highest BCUT2D eigenvalue weighted by molar-refractivity contribution is 8.00. The largest absolute Gasteiger partial charge is 0.480 e. The van der Waals surface area contributed by atoms with Gasteiger partial charge in [-0.1, -0.05) is 0 Å². The summed E-state index contributed by atoms with van der Waals surface area (Å²) in [5, 5.41) is 14.4. The third-order valence-corrected chi connectivity index (χ3v) is 4.90. The van der Waals surface area contributed by atoms with Crippen LogP contribution in [0.1, 0.15) is 44.5 Å². The molecular weight excluding hydrogens is 356 g/mol. The Balaban J connectivity index is 2.04. The summed E-state index contributed by atoms with van der Waals surface area (Å²) in [6.45, 7) is 7.65. The van der Waals surface area contributed by atoms with Gasteiger partial charge in [0.2, 0.25) is 5.91 Å². The van der Waals surface area contributed by atoms with Crippen LogP contribution < -0.4 is 10.6 Å². The van der Waals surface area contributed by atoms with Gasteiger partial charge in [0.1, 0.15) is 6.04 Å². The van der Waals surface area contributed by atoms with Crippen LogP contribution in [0.3, 0.4) is 0 Å². The van der Waals surface area contributed by atoms with E-state index < -0.39 is 17.9 Å². The smallest absolute Gasteiger partial charge is 0.326 e. The molecule has 7 nitrogen and oxygen atoms in total. The number of anilines is 1. The highest BCUT2D eigenvalue weighted by atomic mass is 32.2. The summed E-state index contributed by atoms with van der Waals surface area (Å²) in [4.78, 5) is 36.5. The summed E-state index contributed by atoms with van der Waals surface area (Å²) in [6, 6.07) is 3.88. The Morgan fingerprint density at radius 2 is 2.08 bits per heavy atom. The molecule has 0 aromatic heterocycles. The number of nitrogens with one attached hydrogen (secondary N) is 2. The maximum absolute atomic E-state index is 12.4. The maximum atomic E-state index is 12.4. The molecule has 8 heteroatoms. The van der Waals surface area contributed by atoms with Gasteiger partial charge in [0.05, 0.1) is 16.5 Å². The van der Waals surface area contributed by atoms with Crippen molar-refractivity contribution in [1.82, 2.24) is 5.32 Å². The van der Waals surface area contributed by atoms with Gasteiger partial charge in [0.25, 0.3) is 5.91 Å². The van der Waals surface area contributed by atoms with Crippen molar-refractivity contribution in [3.63, 3.8) is 0 Å². The molecule has 0 aliphatic carbocycles. The summed E-state index contributed by atoms with van der Waals surface area (Å²) in [5.41, 5.74) is 0.481. The van der Waals surface area contributed by atoms with Crippen LogP contribution in [0, 0.1) is 0 Å². The van der Waals surface area contributed by atoms with E-state index in [1.54, 1.807) is 25.1 Å². The van der Waals surface area contributed by atoms with Gasteiger partial charge in [-0.25, -0.2) is 4.79 Å². The molecule has 0 saturated heterocycles.